The van der Waals surface area contributed by atoms with Crippen LogP contribution in [0.2, 0.25) is 0 Å². The van der Waals surface area contributed by atoms with Gasteiger partial charge in [-0.2, -0.15) is 8.78 Å². The van der Waals surface area contributed by atoms with Gasteiger partial charge in [0, 0.05) is 26.2 Å². The Morgan fingerprint density at radius 3 is 1.83 bits per heavy atom. The molecule has 2 aliphatic heterocycles. The number of hydrogen-bond acceptors (Lipinski definition) is 5. The van der Waals surface area contributed by atoms with Crippen LogP contribution in [0.15, 0.2) is 58.6 Å². The summed E-state index contributed by atoms with van der Waals surface area (Å²) in [7, 11) is 0. The van der Waals surface area contributed by atoms with Gasteiger partial charge in [0.25, 0.3) is 5.56 Å². The van der Waals surface area contributed by atoms with E-state index in [1.54, 1.807) is 6.92 Å². The zero-order valence-corrected chi connectivity index (χ0v) is 22.7. The largest absolute Gasteiger partial charge is 0.462 e. The molecule has 3 aromatic rings. The Morgan fingerprint density at radius 1 is 0.878 bits per heavy atom. The van der Waals surface area contributed by atoms with E-state index in [0.29, 0.717) is 18.7 Å². The van der Waals surface area contributed by atoms with E-state index < -0.39 is 34.4 Å². The van der Waals surface area contributed by atoms with Crippen LogP contribution in [0.5, 0.6) is 0 Å². The molecular formula is C29H35ClF4N4O3. The average Bonchev–Trinajstić information content (AvgIpc) is 3.22. The van der Waals surface area contributed by atoms with Gasteiger partial charge in [-0.05, 0) is 68.0 Å². The number of benzene rings is 2. The first-order valence-corrected chi connectivity index (χ1v) is 13.3. The molecule has 0 bridgehead atoms. The summed E-state index contributed by atoms with van der Waals surface area (Å²) < 4.78 is 60.1. The van der Waals surface area contributed by atoms with Crippen molar-refractivity contribution in [3.8, 4) is 11.1 Å². The first-order chi connectivity index (χ1) is 19.2. The van der Waals surface area contributed by atoms with E-state index in [1.165, 1.54) is 58.6 Å². The number of fused-ring (bicyclic) bond motifs is 1. The third kappa shape index (κ3) is 9.31. The molecule has 1 aromatic heterocycles. The highest BCUT2D eigenvalue weighted by molar-refractivity contribution is 6.37. The van der Waals surface area contributed by atoms with E-state index in [1.807, 2.05) is 0 Å². The number of carbonyl (C=O) groups is 1. The molecule has 5 rings (SSSR count). The maximum Gasteiger partial charge on any atom is 0.342 e. The van der Waals surface area contributed by atoms with Crippen molar-refractivity contribution in [2.24, 2.45) is 0 Å². The number of rotatable bonds is 4. The molecule has 0 amide bonds. The van der Waals surface area contributed by atoms with Gasteiger partial charge in [0.1, 0.15) is 22.8 Å². The van der Waals surface area contributed by atoms with Crippen LogP contribution >= 0.6 is 11.6 Å². The highest BCUT2D eigenvalue weighted by Gasteiger charge is 2.23. The van der Waals surface area contributed by atoms with Crippen LogP contribution in [0.25, 0.3) is 16.7 Å². The van der Waals surface area contributed by atoms with Crippen molar-refractivity contribution in [2.45, 2.75) is 53.1 Å². The summed E-state index contributed by atoms with van der Waals surface area (Å²) in [5, 5.41) is -1.18. The smallest absolute Gasteiger partial charge is 0.342 e. The number of carbonyl (C=O) groups excluding carboxylic acids is 1. The molecule has 224 valence electrons. The Hall–Kier alpha value is -3.41. The van der Waals surface area contributed by atoms with Gasteiger partial charge >= 0.3 is 5.97 Å². The third-order valence-electron chi connectivity index (χ3n) is 6.08. The monoisotopic (exact) mass is 598 g/mol. The molecule has 12 heteroatoms. The topological polar surface area (TPSA) is 77.3 Å². The second-order valence-corrected chi connectivity index (χ2v) is 9.19. The lowest BCUT2D eigenvalue weighted by Gasteiger charge is -2.16. The molecule has 1 saturated heterocycles. The van der Waals surface area contributed by atoms with Gasteiger partial charge in [0.2, 0.25) is 11.2 Å². The van der Waals surface area contributed by atoms with Crippen molar-refractivity contribution < 1.29 is 27.1 Å². The standard InChI is InChI=1S/C13H12F2N2O.C11H9ClF2O2.C4H10N2.CH4/c14-10-5-3-9(4-6-10)11-12(15)16-7-1-2-8-17(16)13(11)18;1-2-16-11(15)9(10(12)14)7-3-5-8(13)6-4-7;1-2-4-6-5-3-1;/h3-6H,1-2,7-8H2;3-6H,2H2,1H3;5-6H,1-4H2;1H4. The van der Waals surface area contributed by atoms with Gasteiger partial charge in [-0.25, -0.2) is 18.3 Å². The van der Waals surface area contributed by atoms with E-state index in [9.17, 15) is 27.2 Å². The third-order valence-corrected chi connectivity index (χ3v) is 6.26. The summed E-state index contributed by atoms with van der Waals surface area (Å²) in [6, 6.07) is 10.0. The van der Waals surface area contributed by atoms with E-state index in [-0.39, 0.29) is 30.7 Å². The Balaban J connectivity index is 0.000000235. The fourth-order valence-electron chi connectivity index (χ4n) is 4.11. The summed E-state index contributed by atoms with van der Waals surface area (Å²) >= 11 is 5.17. The zero-order valence-electron chi connectivity index (χ0n) is 22.0. The molecular weight excluding hydrogens is 564 g/mol. The van der Waals surface area contributed by atoms with Crippen molar-refractivity contribution >= 4 is 23.1 Å². The molecule has 0 radical (unpaired) electrons. The van der Waals surface area contributed by atoms with Gasteiger partial charge in [0.15, 0.2) is 0 Å². The lowest BCUT2D eigenvalue weighted by molar-refractivity contribution is -0.136. The number of esters is 1. The number of ether oxygens (including phenoxy) is 1. The van der Waals surface area contributed by atoms with Crippen LogP contribution in [0, 0.1) is 17.6 Å². The number of nitrogens with zero attached hydrogens (tertiary/aromatic N) is 2. The van der Waals surface area contributed by atoms with Crippen LogP contribution in [-0.4, -0.2) is 35.0 Å². The zero-order chi connectivity index (χ0) is 29.1. The molecule has 41 heavy (non-hydrogen) atoms. The summed E-state index contributed by atoms with van der Waals surface area (Å²) in [6.45, 7) is 5.03. The molecule has 2 aliphatic rings. The van der Waals surface area contributed by atoms with Gasteiger partial charge in [-0.15, -0.1) is 0 Å². The molecule has 2 aromatic carbocycles. The Kier molecular flexibility index (Phi) is 13.8. The van der Waals surface area contributed by atoms with Crippen LogP contribution < -0.4 is 16.4 Å². The Morgan fingerprint density at radius 2 is 1.39 bits per heavy atom. The normalized spacial score (nSPS) is 14.6. The van der Waals surface area contributed by atoms with Gasteiger partial charge in [-0.1, -0.05) is 43.3 Å². The molecule has 0 atom stereocenters. The van der Waals surface area contributed by atoms with Gasteiger partial charge < -0.3 is 4.74 Å². The molecule has 2 N–H and O–H groups in total. The minimum absolute atomic E-state index is 0. The number of nitrogens with one attached hydrogen (secondary N) is 2. The first-order valence-electron chi connectivity index (χ1n) is 12.9. The highest BCUT2D eigenvalue weighted by Crippen LogP contribution is 2.24. The highest BCUT2D eigenvalue weighted by atomic mass is 35.5. The molecule has 7 nitrogen and oxygen atoms in total. The lowest BCUT2D eigenvalue weighted by Crippen LogP contribution is -2.37. The molecule has 1 fully saturated rings. The van der Waals surface area contributed by atoms with E-state index >= 15 is 0 Å². The number of aromatic nitrogens is 2. The van der Waals surface area contributed by atoms with Crippen molar-refractivity contribution in [3.05, 3.63) is 87.3 Å². The van der Waals surface area contributed by atoms with E-state index in [4.69, 9.17) is 11.6 Å². The van der Waals surface area contributed by atoms with Crippen LogP contribution in [-0.2, 0) is 22.6 Å². The van der Waals surface area contributed by atoms with E-state index in [0.717, 1.165) is 38.1 Å². The minimum atomic E-state index is -1.18. The van der Waals surface area contributed by atoms with Gasteiger partial charge in [-0.3, -0.25) is 20.3 Å². The summed E-state index contributed by atoms with van der Waals surface area (Å²) in [5.41, 5.74) is 5.97. The number of hydrazine groups is 1. The molecule has 0 aliphatic carbocycles. The van der Waals surface area contributed by atoms with Crippen LogP contribution in [0.4, 0.5) is 17.6 Å². The average molecular weight is 599 g/mol. The molecule has 3 heterocycles. The predicted octanol–water partition coefficient (Wildman–Crippen LogP) is 6.17. The van der Waals surface area contributed by atoms with Crippen molar-refractivity contribution in [2.75, 3.05) is 19.7 Å². The fraction of sp³-hybridized carbons (Fsp3) is 0.379. The summed E-state index contributed by atoms with van der Waals surface area (Å²) in [4.78, 5) is 23.5. The van der Waals surface area contributed by atoms with Crippen molar-refractivity contribution in [1.82, 2.24) is 20.2 Å². The van der Waals surface area contributed by atoms with Crippen molar-refractivity contribution in [3.63, 3.8) is 0 Å². The maximum atomic E-state index is 14.2. The summed E-state index contributed by atoms with van der Waals surface area (Å²) in [6.07, 6.45) is 4.40. The maximum absolute atomic E-state index is 14.2. The molecule has 0 unspecified atom stereocenters. The second kappa shape index (κ2) is 16.8. The number of halogens is 5. The van der Waals surface area contributed by atoms with E-state index in [2.05, 4.69) is 15.6 Å². The first kappa shape index (κ1) is 33.8. The lowest BCUT2D eigenvalue weighted by atomic mass is 10.1. The minimum Gasteiger partial charge on any atom is -0.462 e. The molecule has 0 saturated carbocycles. The van der Waals surface area contributed by atoms with Crippen LogP contribution in [0.3, 0.4) is 0 Å². The Labute approximate surface area is 241 Å². The second-order valence-electron chi connectivity index (χ2n) is 8.85. The SMILES string of the molecule is C.C1CCNNC1.CCOC(=O)C(=C(F)Cl)c1ccc(F)cc1.O=c1c(-c2ccc(F)cc2)c(F)n2n1CCCC2. The van der Waals surface area contributed by atoms with Crippen molar-refractivity contribution in [1.29, 1.82) is 0 Å². The van der Waals surface area contributed by atoms with Gasteiger partial charge in [0.05, 0.1) is 6.61 Å². The fourth-order valence-corrected chi connectivity index (χ4v) is 4.30. The predicted molar refractivity (Wildman–Crippen MR) is 152 cm³/mol. The number of hydrogen-bond donors (Lipinski definition) is 2. The van der Waals surface area contributed by atoms with Crippen LogP contribution in [0.1, 0.15) is 45.6 Å². The summed E-state index contributed by atoms with van der Waals surface area (Å²) in [5.74, 6) is -2.28. The Bertz CT molecular complexity index is 1340. The quantitative estimate of drug-likeness (QED) is 0.214. The molecule has 0 spiro atoms.